The van der Waals surface area contributed by atoms with E-state index in [1.54, 1.807) is 11.1 Å². The van der Waals surface area contributed by atoms with Gasteiger partial charge in [0.2, 0.25) is 0 Å². The van der Waals surface area contributed by atoms with Gasteiger partial charge in [-0.3, -0.25) is 0 Å². The molecule has 0 aliphatic heterocycles. The first-order chi connectivity index (χ1) is 15.6. The summed E-state index contributed by atoms with van der Waals surface area (Å²) in [6.07, 6.45) is 19.9. The summed E-state index contributed by atoms with van der Waals surface area (Å²) in [6.45, 7) is 14.6. The maximum absolute atomic E-state index is 5.84. The third-order valence-electron chi connectivity index (χ3n) is 6.28. The summed E-state index contributed by atoms with van der Waals surface area (Å²) in [5, 5.41) is 0. The molecule has 0 heterocycles. The van der Waals surface area contributed by atoms with Gasteiger partial charge in [-0.25, -0.2) is 0 Å². The van der Waals surface area contributed by atoms with Gasteiger partial charge in [-0.15, -0.1) is 24.8 Å². The molecule has 0 spiro atoms. The number of halogens is 2. The predicted octanol–water partition coefficient (Wildman–Crippen LogP) is 9.99. The zero-order valence-corrected chi connectivity index (χ0v) is 26.5. The van der Waals surface area contributed by atoms with Gasteiger partial charge in [0.15, 0.2) is 0 Å². The van der Waals surface area contributed by atoms with Crippen molar-refractivity contribution in [1.82, 2.24) is 0 Å². The maximum atomic E-state index is 5.84. The van der Waals surface area contributed by atoms with Gasteiger partial charge in [0.25, 0.3) is 0 Å². The maximum Gasteiger partial charge on any atom is -0.147 e. The molecule has 35 heavy (non-hydrogen) atoms. The van der Waals surface area contributed by atoms with Crippen LogP contribution in [0.15, 0.2) is 34.8 Å². The number of ether oxygens (including phenoxy) is 2. The Morgan fingerprint density at radius 3 is 1.40 bits per heavy atom. The average Bonchev–Trinajstić information content (AvgIpc) is 3.34. The first-order valence-electron chi connectivity index (χ1n) is 13.6. The zero-order valence-electron chi connectivity index (χ0n) is 23.3. The van der Waals surface area contributed by atoms with Crippen LogP contribution in [0.1, 0.15) is 119 Å². The Balaban J connectivity index is 0.00000578. The van der Waals surface area contributed by atoms with Crippen molar-refractivity contribution >= 4 is 24.8 Å². The van der Waals surface area contributed by atoms with Crippen LogP contribution in [0.4, 0.5) is 0 Å². The van der Waals surface area contributed by atoms with Crippen LogP contribution in [0.25, 0.3) is 0 Å². The molecule has 0 aromatic rings. The Hall–Kier alpha value is 0.254. The van der Waals surface area contributed by atoms with Crippen LogP contribution in [0, 0.1) is 0 Å². The van der Waals surface area contributed by atoms with Crippen molar-refractivity contribution in [2.45, 2.75) is 138 Å². The van der Waals surface area contributed by atoms with Crippen LogP contribution in [0.2, 0.25) is 8.45 Å². The van der Waals surface area contributed by atoms with Crippen molar-refractivity contribution in [3.8, 4) is 0 Å². The normalized spacial score (nSPS) is 19.3. The summed E-state index contributed by atoms with van der Waals surface area (Å²) in [5.74, 6) is 0. The minimum Gasteiger partial charge on any atom is -0.147 e. The summed E-state index contributed by atoms with van der Waals surface area (Å²) in [6, 6.07) is 0. The van der Waals surface area contributed by atoms with Gasteiger partial charge in [-0.1, -0.05) is 0 Å². The Morgan fingerprint density at radius 2 is 1.03 bits per heavy atom. The third-order valence-corrected chi connectivity index (χ3v) is 9.36. The fourth-order valence-electron chi connectivity index (χ4n) is 4.47. The van der Waals surface area contributed by atoms with Gasteiger partial charge in [-0.2, -0.15) is 0 Å². The molecular weight excluding hydrogens is 511 g/mol. The molecular formula is C30H52Cl2O2Ti. The summed E-state index contributed by atoms with van der Waals surface area (Å²) in [5.41, 5.74) is 10.6. The zero-order chi connectivity index (χ0) is 24.2. The standard InChI is InChI=1S/2C15H25O.2ClH.Ti/c2*1-15(2,3)16-13-9-5-4-6-10-14-11-7-8-12-14;;;/h2*7,12H,4-6,8-10,13H2,1-3H3;2*1H;. The van der Waals surface area contributed by atoms with E-state index in [1.807, 2.05) is 0 Å². The van der Waals surface area contributed by atoms with Crippen molar-refractivity contribution in [3.05, 3.63) is 34.8 Å². The summed E-state index contributed by atoms with van der Waals surface area (Å²) in [7, 11) is 0. The van der Waals surface area contributed by atoms with Gasteiger partial charge in [0, 0.05) is 0 Å². The van der Waals surface area contributed by atoms with E-state index in [9.17, 15) is 0 Å². The van der Waals surface area contributed by atoms with Crippen LogP contribution in [0.3, 0.4) is 0 Å². The Labute approximate surface area is 238 Å². The molecule has 2 aliphatic carbocycles. The van der Waals surface area contributed by atoms with E-state index in [0.29, 0.717) is 0 Å². The monoisotopic (exact) mass is 562 g/mol. The van der Waals surface area contributed by atoms with Crippen LogP contribution in [-0.2, 0) is 28.6 Å². The first kappa shape index (κ1) is 35.3. The van der Waals surface area contributed by atoms with Crippen molar-refractivity contribution in [2.75, 3.05) is 13.2 Å². The van der Waals surface area contributed by atoms with E-state index in [-0.39, 0.29) is 55.2 Å². The van der Waals surface area contributed by atoms with Crippen LogP contribution in [-0.4, -0.2) is 24.4 Å². The van der Waals surface area contributed by atoms with Gasteiger partial charge in [0.1, 0.15) is 0 Å². The predicted molar refractivity (Wildman–Crippen MR) is 152 cm³/mol. The van der Waals surface area contributed by atoms with Gasteiger partial charge >= 0.3 is 215 Å². The SMILES string of the molecule is CC(C)(C)OCCCCCCC1=C=CC[CH]1[Ti][CH]1CC=C=C1CCCCCCOC(C)(C)C.Cl.Cl. The molecule has 202 valence electrons. The minimum absolute atomic E-state index is 0. The van der Waals surface area contributed by atoms with Gasteiger partial charge < -0.3 is 0 Å². The number of allylic oxidation sites excluding steroid dienone is 2. The van der Waals surface area contributed by atoms with Crippen molar-refractivity contribution in [3.63, 3.8) is 0 Å². The van der Waals surface area contributed by atoms with E-state index < -0.39 is 0 Å². The second-order valence-electron chi connectivity index (χ2n) is 11.7. The molecule has 0 N–H and O–H groups in total. The topological polar surface area (TPSA) is 18.5 Å². The van der Waals surface area contributed by atoms with E-state index in [0.717, 1.165) is 21.7 Å². The Kier molecular flexibility index (Phi) is 18.6. The van der Waals surface area contributed by atoms with Crippen LogP contribution >= 0.6 is 24.8 Å². The van der Waals surface area contributed by atoms with E-state index >= 15 is 0 Å². The summed E-state index contributed by atoms with van der Waals surface area (Å²) >= 11 is -0.0129. The molecule has 0 fully saturated rings. The molecule has 2 unspecified atom stereocenters. The van der Waals surface area contributed by atoms with Crippen LogP contribution in [0.5, 0.6) is 0 Å². The molecule has 0 radical (unpaired) electrons. The number of rotatable bonds is 16. The number of hydrogen-bond donors (Lipinski definition) is 0. The molecule has 0 bridgehead atoms. The molecule has 5 heteroatoms. The fraction of sp³-hybridized carbons (Fsp3) is 0.800. The molecule has 2 atom stereocenters. The quantitative estimate of drug-likeness (QED) is 0.106. The number of hydrogen-bond acceptors (Lipinski definition) is 2. The second-order valence-corrected chi connectivity index (χ2v) is 14.4. The molecule has 0 aromatic carbocycles. The third kappa shape index (κ3) is 16.7. The number of unbranched alkanes of at least 4 members (excludes halogenated alkanes) is 6. The van der Waals surface area contributed by atoms with Crippen molar-refractivity contribution in [2.24, 2.45) is 0 Å². The molecule has 0 amide bonds. The van der Waals surface area contributed by atoms with E-state index in [4.69, 9.17) is 9.47 Å². The molecule has 0 saturated heterocycles. The second kappa shape index (κ2) is 18.5. The Morgan fingerprint density at radius 1 is 0.657 bits per heavy atom. The van der Waals surface area contributed by atoms with E-state index in [2.05, 4.69) is 65.2 Å². The first-order valence-corrected chi connectivity index (χ1v) is 15.4. The van der Waals surface area contributed by atoms with Gasteiger partial charge in [0.05, 0.1) is 0 Å². The minimum atomic E-state index is -0.0129. The largest absolute Gasteiger partial charge is 0.147 e. The molecule has 2 aliphatic rings. The molecule has 0 aromatic heterocycles. The van der Waals surface area contributed by atoms with Crippen LogP contribution < -0.4 is 0 Å². The average molecular weight is 564 g/mol. The molecule has 0 saturated carbocycles. The smallest absolute Gasteiger partial charge is 0.147 e. The van der Waals surface area contributed by atoms with Crippen molar-refractivity contribution < 1.29 is 28.6 Å². The summed E-state index contributed by atoms with van der Waals surface area (Å²) < 4.78 is 13.4. The van der Waals surface area contributed by atoms with Gasteiger partial charge in [-0.05, 0) is 0 Å². The molecule has 2 rings (SSSR count). The molecule has 2 nitrogen and oxygen atoms in total. The van der Waals surface area contributed by atoms with Crippen molar-refractivity contribution in [1.29, 1.82) is 0 Å². The van der Waals surface area contributed by atoms with E-state index in [1.165, 1.54) is 77.0 Å². The summed E-state index contributed by atoms with van der Waals surface area (Å²) in [4.78, 5) is 0. The Bertz CT molecular complexity index is 645. The fourth-order valence-corrected chi connectivity index (χ4v) is 7.36.